The Bertz CT molecular complexity index is 995. The fourth-order valence-corrected chi connectivity index (χ4v) is 2.84. The summed E-state index contributed by atoms with van der Waals surface area (Å²) in [6.45, 7) is 1.29. The summed E-state index contributed by atoms with van der Waals surface area (Å²) in [4.78, 5) is 25.2. The molecule has 1 aliphatic carbocycles. The number of nitrogens with zero attached hydrogens (tertiary/aromatic N) is 3. The van der Waals surface area contributed by atoms with Gasteiger partial charge in [0.25, 0.3) is 0 Å². The fourth-order valence-electron chi connectivity index (χ4n) is 2.84. The summed E-state index contributed by atoms with van der Waals surface area (Å²) in [7, 11) is 0. The van der Waals surface area contributed by atoms with Crippen molar-refractivity contribution in [2.75, 3.05) is 0 Å². The molecule has 8 nitrogen and oxygen atoms in total. The van der Waals surface area contributed by atoms with E-state index in [0.717, 1.165) is 16.3 Å². The maximum absolute atomic E-state index is 13.1. The van der Waals surface area contributed by atoms with E-state index in [1.807, 2.05) is 24.3 Å². The van der Waals surface area contributed by atoms with Crippen LogP contribution in [-0.2, 0) is 11.2 Å². The molecule has 1 aliphatic rings. The van der Waals surface area contributed by atoms with Crippen LogP contribution in [0, 0.1) is 5.82 Å². The van der Waals surface area contributed by atoms with E-state index in [1.54, 1.807) is 0 Å². The first-order valence-electron chi connectivity index (χ1n) is 7.87. The van der Waals surface area contributed by atoms with Crippen molar-refractivity contribution in [2.24, 2.45) is 5.73 Å². The normalized spacial score (nSPS) is 16.9. The zero-order valence-electron chi connectivity index (χ0n) is 15.3. The number of aliphatic hydroxyl groups excluding tert-OH is 1. The summed E-state index contributed by atoms with van der Waals surface area (Å²) in [6.07, 6.45) is 2.77. The molecule has 4 rings (SSSR count). The molecule has 0 unspecified atom stereocenters. The minimum atomic E-state index is -0.686. The molecule has 10 heteroatoms. The Hall–Kier alpha value is -2.41. The standard InChI is InChI=1S/C9H5FN3O2.C9H11NO.Li.H2O/c1-5(15)8-2-6(4-14)12-9-7(10)3-11-13(8)9;10-9-7-4-2-1-3-6(7)5-8(9)11;;/h2-3H,1H3;1-4,8-9,11H,5,10H2;;1H2/q-1;;+1;/p-1/t;8-,9+;;/m.1../s1. The Labute approximate surface area is 172 Å². The van der Waals surface area contributed by atoms with E-state index >= 15 is 0 Å². The van der Waals surface area contributed by atoms with Gasteiger partial charge in [0.1, 0.15) is 0 Å². The van der Waals surface area contributed by atoms with Crippen molar-refractivity contribution < 1.29 is 43.4 Å². The summed E-state index contributed by atoms with van der Waals surface area (Å²) < 4.78 is 14.2. The molecule has 142 valence electrons. The third-order valence-corrected chi connectivity index (χ3v) is 4.15. The number of ketones is 1. The summed E-state index contributed by atoms with van der Waals surface area (Å²) in [5.41, 5.74) is 7.85. The van der Waals surface area contributed by atoms with Crippen LogP contribution in [0.15, 0.2) is 36.5 Å². The van der Waals surface area contributed by atoms with E-state index in [1.165, 1.54) is 24.8 Å². The molecule has 0 aliphatic heterocycles. The van der Waals surface area contributed by atoms with Crippen LogP contribution in [0.3, 0.4) is 0 Å². The number of benzene rings is 1. The minimum absolute atomic E-state index is 0. The van der Waals surface area contributed by atoms with Crippen LogP contribution in [0.25, 0.3) is 5.65 Å². The third-order valence-electron chi connectivity index (χ3n) is 4.15. The van der Waals surface area contributed by atoms with Gasteiger partial charge in [-0.25, -0.2) is 8.91 Å². The van der Waals surface area contributed by atoms with Crippen molar-refractivity contribution in [1.29, 1.82) is 0 Å². The molecule has 0 spiro atoms. The summed E-state index contributed by atoms with van der Waals surface area (Å²) in [6, 6.07) is 8.97. The summed E-state index contributed by atoms with van der Waals surface area (Å²) >= 11 is 0. The Morgan fingerprint density at radius 2 is 2.07 bits per heavy atom. The van der Waals surface area contributed by atoms with Crippen LogP contribution >= 0.6 is 0 Å². The second-order valence-corrected chi connectivity index (χ2v) is 5.91. The van der Waals surface area contributed by atoms with Gasteiger partial charge in [-0.05, 0) is 18.1 Å². The second kappa shape index (κ2) is 9.68. The largest absolute Gasteiger partial charge is 1.00 e. The van der Waals surface area contributed by atoms with Crippen LogP contribution in [0.1, 0.15) is 40.3 Å². The Kier molecular flexibility index (Phi) is 8.17. The molecule has 2 aromatic heterocycles. The van der Waals surface area contributed by atoms with Crippen LogP contribution < -0.4 is 24.6 Å². The van der Waals surface area contributed by atoms with Crippen molar-refractivity contribution in [3.8, 4) is 0 Å². The molecular formula is C18H17FLiN4O4-. The van der Waals surface area contributed by atoms with Crippen molar-refractivity contribution in [3.05, 3.63) is 64.9 Å². The van der Waals surface area contributed by atoms with E-state index in [0.29, 0.717) is 6.42 Å². The van der Waals surface area contributed by atoms with Crippen LogP contribution in [0.5, 0.6) is 0 Å². The molecule has 0 fully saturated rings. The van der Waals surface area contributed by atoms with Gasteiger partial charge in [0.05, 0.1) is 18.3 Å². The maximum Gasteiger partial charge on any atom is 1.00 e. The molecule has 0 amide bonds. The molecule has 4 N–H and O–H groups in total. The number of aliphatic hydroxyl groups is 1. The first-order valence-corrected chi connectivity index (χ1v) is 7.87. The number of carbonyl (C=O) groups excluding carboxylic acids is 2. The zero-order chi connectivity index (χ0) is 18.8. The van der Waals surface area contributed by atoms with Gasteiger partial charge in [-0.2, -0.15) is 11.2 Å². The summed E-state index contributed by atoms with van der Waals surface area (Å²) in [5, 5.41) is 13.0. The van der Waals surface area contributed by atoms with E-state index in [-0.39, 0.29) is 59.3 Å². The third kappa shape index (κ3) is 4.52. The quantitative estimate of drug-likeness (QED) is 0.297. The van der Waals surface area contributed by atoms with Gasteiger partial charge >= 0.3 is 18.9 Å². The van der Waals surface area contributed by atoms with Crippen molar-refractivity contribution in [3.63, 3.8) is 0 Å². The number of carbonyl (C=O) groups is 1. The van der Waals surface area contributed by atoms with Gasteiger partial charge in [-0.1, -0.05) is 30.0 Å². The molecule has 1 aromatic carbocycles. The zero-order valence-corrected chi connectivity index (χ0v) is 15.3. The smallest absolute Gasteiger partial charge is 0.870 e. The molecule has 0 bridgehead atoms. The van der Waals surface area contributed by atoms with Crippen molar-refractivity contribution in [1.82, 2.24) is 14.6 Å². The molecule has 3 aromatic rings. The van der Waals surface area contributed by atoms with Gasteiger partial charge in [-0.3, -0.25) is 9.78 Å². The SMILES string of the molecule is CC(=O)c1cc([C-]=O)nc2c(F)cnn12.N[C@H]1c2ccccc2C[C@H]1O.[Li+].[OH-]. The average molecular weight is 379 g/mol. The molecule has 2 heterocycles. The van der Waals surface area contributed by atoms with E-state index < -0.39 is 5.82 Å². The first kappa shape index (κ1) is 23.6. The molecule has 0 saturated carbocycles. The van der Waals surface area contributed by atoms with Crippen LogP contribution in [0.4, 0.5) is 4.39 Å². The maximum atomic E-state index is 13.1. The second-order valence-electron chi connectivity index (χ2n) is 5.91. The van der Waals surface area contributed by atoms with E-state index in [2.05, 4.69) is 10.1 Å². The number of halogens is 1. The monoisotopic (exact) mass is 379 g/mol. The molecule has 28 heavy (non-hydrogen) atoms. The van der Waals surface area contributed by atoms with Gasteiger partial charge in [0, 0.05) is 18.4 Å². The number of aromatic nitrogens is 3. The number of rotatable bonds is 2. The predicted molar refractivity (Wildman–Crippen MR) is 92.8 cm³/mol. The summed E-state index contributed by atoms with van der Waals surface area (Å²) in [5.74, 6) is -1.02. The van der Waals surface area contributed by atoms with Gasteiger partial charge < -0.3 is 21.1 Å². The molecule has 2 atom stereocenters. The van der Waals surface area contributed by atoms with Crippen LogP contribution in [-0.4, -0.2) is 43.4 Å². The molecule has 0 saturated heterocycles. The van der Waals surface area contributed by atoms with Gasteiger partial charge in [0.2, 0.25) is 0 Å². The van der Waals surface area contributed by atoms with Crippen molar-refractivity contribution >= 4 is 17.7 Å². The molecular weight excluding hydrogens is 362 g/mol. The molecule has 0 radical (unpaired) electrons. The van der Waals surface area contributed by atoms with E-state index in [9.17, 15) is 19.1 Å². The van der Waals surface area contributed by atoms with E-state index in [4.69, 9.17) is 5.73 Å². The van der Waals surface area contributed by atoms with Gasteiger partial charge in [0.15, 0.2) is 17.2 Å². The number of hydrogen-bond donors (Lipinski definition) is 2. The Balaban J connectivity index is 0.000000271. The minimum Gasteiger partial charge on any atom is -0.870 e. The number of hydrogen-bond acceptors (Lipinski definition) is 7. The average Bonchev–Trinajstić information content (AvgIpc) is 3.15. The number of Topliss-reactive ketones (excluding diaryl/α,β-unsaturated/α-hetero) is 1. The Morgan fingerprint density at radius 1 is 1.39 bits per heavy atom. The number of nitrogens with two attached hydrogens (primary N) is 1. The fraction of sp³-hybridized carbons (Fsp3) is 0.222. The Morgan fingerprint density at radius 3 is 2.68 bits per heavy atom. The van der Waals surface area contributed by atoms with Crippen molar-refractivity contribution in [2.45, 2.75) is 25.5 Å². The van der Waals surface area contributed by atoms with Gasteiger partial charge in [-0.15, -0.1) is 0 Å². The predicted octanol–water partition coefficient (Wildman–Crippen LogP) is -2.04. The van der Waals surface area contributed by atoms with Crippen LogP contribution in [0.2, 0.25) is 0 Å². The topological polar surface area (TPSA) is 141 Å². The first-order chi connectivity index (χ1) is 12.4. The number of fused-ring (bicyclic) bond motifs is 2.